The minimum atomic E-state index is -0.154. The quantitative estimate of drug-likeness (QED) is 0.562. The molecular formula is C15H22O4. The lowest BCUT2D eigenvalue weighted by molar-refractivity contribution is -0.0378. The van der Waals surface area contributed by atoms with Crippen LogP contribution < -0.4 is 4.74 Å². The van der Waals surface area contributed by atoms with Crippen LogP contribution in [0.1, 0.15) is 36.7 Å². The number of methoxy groups -OCH3 is 1. The zero-order valence-electron chi connectivity index (χ0n) is 12.1. The van der Waals surface area contributed by atoms with Gasteiger partial charge in [0.05, 0.1) is 32.5 Å². The van der Waals surface area contributed by atoms with Crippen LogP contribution in [0.25, 0.3) is 0 Å². The third-order valence-electron chi connectivity index (χ3n) is 2.46. The highest BCUT2D eigenvalue weighted by atomic mass is 16.5. The van der Waals surface area contributed by atoms with Crippen molar-refractivity contribution >= 4 is 6.29 Å². The van der Waals surface area contributed by atoms with Gasteiger partial charge in [0.2, 0.25) is 0 Å². The van der Waals surface area contributed by atoms with Crippen LogP contribution in [-0.4, -0.2) is 32.2 Å². The Balaban J connectivity index is 2.46. The lowest BCUT2D eigenvalue weighted by Crippen LogP contribution is -2.21. The summed E-state index contributed by atoms with van der Waals surface area (Å²) in [5.41, 5.74) is 1.33. The molecule has 4 nitrogen and oxygen atoms in total. The highest BCUT2D eigenvalue weighted by molar-refractivity contribution is 5.75. The van der Waals surface area contributed by atoms with Crippen molar-refractivity contribution in [3.05, 3.63) is 29.3 Å². The van der Waals surface area contributed by atoms with E-state index in [1.807, 2.05) is 20.8 Å². The van der Waals surface area contributed by atoms with E-state index in [-0.39, 0.29) is 5.60 Å². The molecule has 0 fully saturated rings. The van der Waals surface area contributed by atoms with Crippen molar-refractivity contribution in [2.45, 2.75) is 33.0 Å². The molecule has 1 aromatic carbocycles. The van der Waals surface area contributed by atoms with Crippen LogP contribution in [0.4, 0.5) is 0 Å². The average Bonchev–Trinajstić information content (AvgIpc) is 2.36. The predicted octanol–water partition coefficient (Wildman–Crippen LogP) is 2.84. The molecule has 4 heteroatoms. The molecule has 0 radical (unpaired) electrons. The Kier molecular flexibility index (Phi) is 5.99. The first-order valence-electron chi connectivity index (χ1n) is 6.30. The normalized spacial score (nSPS) is 11.4. The lowest BCUT2D eigenvalue weighted by atomic mass is 10.1. The molecular weight excluding hydrogens is 244 g/mol. The monoisotopic (exact) mass is 266 g/mol. The van der Waals surface area contributed by atoms with Crippen LogP contribution in [0.3, 0.4) is 0 Å². The van der Waals surface area contributed by atoms with Crippen molar-refractivity contribution in [2.75, 3.05) is 20.3 Å². The topological polar surface area (TPSA) is 44.8 Å². The maximum Gasteiger partial charge on any atom is 0.150 e. The molecule has 0 aliphatic carbocycles. The molecule has 0 atom stereocenters. The Labute approximate surface area is 114 Å². The van der Waals surface area contributed by atoms with Crippen LogP contribution >= 0.6 is 0 Å². The van der Waals surface area contributed by atoms with Gasteiger partial charge in [-0.3, -0.25) is 4.79 Å². The van der Waals surface area contributed by atoms with Crippen LogP contribution in [0.15, 0.2) is 18.2 Å². The van der Waals surface area contributed by atoms with Crippen LogP contribution in [0.2, 0.25) is 0 Å². The van der Waals surface area contributed by atoms with Gasteiger partial charge in [0, 0.05) is 11.1 Å². The van der Waals surface area contributed by atoms with E-state index in [1.165, 1.54) is 0 Å². The molecule has 0 aliphatic heterocycles. The summed E-state index contributed by atoms with van der Waals surface area (Å²) in [5.74, 6) is 0.724. The van der Waals surface area contributed by atoms with Gasteiger partial charge in [-0.05, 0) is 39.0 Å². The van der Waals surface area contributed by atoms with E-state index < -0.39 is 0 Å². The fourth-order valence-electron chi connectivity index (χ4n) is 1.57. The largest absolute Gasteiger partial charge is 0.496 e. The van der Waals surface area contributed by atoms with E-state index in [4.69, 9.17) is 14.2 Å². The molecule has 0 N–H and O–H groups in total. The summed E-state index contributed by atoms with van der Waals surface area (Å²) in [7, 11) is 1.60. The Morgan fingerprint density at radius 2 is 1.95 bits per heavy atom. The molecule has 0 unspecified atom stereocenters. The van der Waals surface area contributed by atoms with Crippen LogP contribution in [-0.2, 0) is 16.1 Å². The summed E-state index contributed by atoms with van der Waals surface area (Å²) >= 11 is 0. The molecule has 0 aromatic heterocycles. The molecule has 0 amide bonds. The molecule has 106 valence electrons. The SMILES string of the molecule is COc1ccc(C=O)cc1COCCOC(C)(C)C. The van der Waals surface area contributed by atoms with E-state index in [9.17, 15) is 4.79 Å². The number of carbonyl (C=O) groups excluding carboxylic acids is 1. The van der Waals surface area contributed by atoms with Gasteiger partial charge >= 0.3 is 0 Å². The van der Waals surface area contributed by atoms with Gasteiger partial charge in [0.25, 0.3) is 0 Å². The van der Waals surface area contributed by atoms with Crippen molar-refractivity contribution in [1.82, 2.24) is 0 Å². The van der Waals surface area contributed by atoms with Crippen molar-refractivity contribution in [1.29, 1.82) is 0 Å². The first-order valence-corrected chi connectivity index (χ1v) is 6.30. The number of ether oxygens (including phenoxy) is 3. The van der Waals surface area contributed by atoms with Gasteiger partial charge in [-0.15, -0.1) is 0 Å². The maximum atomic E-state index is 10.7. The van der Waals surface area contributed by atoms with Crippen LogP contribution in [0, 0.1) is 0 Å². The second-order valence-corrected chi connectivity index (χ2v) is 5.20. The van der Waals surface area contributed by atoms with E-state index >= 15 is 0 Å². The van der Waals surface area contributed by atoms with E-state index in [0.717, 1.165) is 17.6 Å². The summed E-state index contributed by atoms with van der Waals surface area (Å²) in [6, 6.07) is 5.27. The summed E-state index contributed by atoms with van der Waals surface area (Å²) in [6.07, 6.45) is 0.811. The minimum absolute atomic E-state index is 0.154. The zero-order valence-corrected chi connectivity index (χ0v) is 12.1. The second kappa shape index (κ2) is 7.26. The number of rotatable bonds is 7. The molecule has 0 heterocycles. The minimum Gasteiger partial charge on any atom is -0.496 e. The fourth-order valence-corrected chi connectivity index (χ4v) is 1.57. The molecule has 1 rings (SSSR count). The second-order valence-electron chi connectivity index (χ2n) is 5.20. The van der Waals surface area contributed by atoms with E-state index in [1.54, 1.807) is 25.3 Å². The highest BCUT2D eigenvalue weighted by Crippen LogP contribution is 2.20. The number of hydrogen-bond acceptors (Lipinski definition) is 4. The molecule has 0 saturated heterocycles. The Morgan fingerprint density at radius 3 is 2.53 bits per heavy atom. The van der Waals surface area contributed by atoms with Crippen molar-refractivity contribution < 1.29 is 19.0 Å². The Morgan fingerprint density at radius 1 is 1.21 bits per heavy atom. The van der Waals surface area contributed by atoms with Crippen LogP contribution in [0.5, 0.6) is 5.75 Å². The molecule has 0 saturated carbocycles. The molecule has 0 spiro atoms. The molecule has 1 aromatic rings. The number of benzene rings is 1. The highest BCUT2D eigenvalue weighted by Gasteiger charge is 2.09. The number of aldehydes is 1. The first-order chi connectivity index (χ1) is 8.96. The van der Waals surface area contributed by atoms with Gasteiger partial charge in [-0.2, -0.15) is 0 Å². The van der Waals surface area contributed by atoms with Crippen molar-refractivity contribution in [2.24, 2.45) is 0 Å². The molecule has 0 aliphatic rings. The van der Waals surface area contributed by atoms with Gasteiger partial charge in [0.1, 0.15) is 12.0 Å². The van der Waals surface area contributed by atoms with Crippen molar-refractivity contribution in [3.63, 3.8) is 0 Å². The smallest absolute Gasteiger partial charge is 0.150 e. The molecule has 19 heavy (non-hydrogen) atoms. The van der Waals surface area contributed by atoms with E-state index in [0.29, 0.717) is 25.4 Å². The van der Waals surface area contributed by atoms with Gasteiger partial charge < -0.3 is 14.2 Å². The average molecular weight is 266 g/mol. The summed E-state index contributed by atoms with van der Waals surface area (Å²) in [6.45, 7) is 7.46. The van der Waals surface area contributed by atoms with Gasteiger partial charge in [0.15, 0.2) is 0 Å². The Bertz CT molecular complexity index is 407. The maximum absolute atomic E-state index is 10.7. The number of carbonyl (C=O) groups is 1. The van der Waals surface area contributed by atoms with Crippen molar-refractivity contribution in [3.8, 4) is 5.75 Å². The summed E-state index contributed by atoms with van der Waals surface area (Å²) in [4.78, 5) is 10.7. The van der Waals surface area contributed by atoms with Gasteiger partial charge in [-0.25, -0.2) is 0 Å². The standard InChI is InChI=1S/C15H22O4/c1-15(2,3)19-8-7-18-11-13-9-12(10-16)5-6-14(13)17-4/h5-6,9-10H,7-8,11H2,1-4H3. The third kappa shape index (κ3) is 5.85. The summed E-state index contributed by atoms with van der Waals surface area (Å²) < 4.78 is 16.3. The predicted molar refractivity (Wildman–Crippen MR) is 73.7 cm³/mol. The van der Waals surface area contributed by atoms with Gasteiger partial charge in [-0.1, -0.05) is 0 Å². The molecule has 0 bridgehead atoms. The lowest BCUT2D eigenvalue weighted by Gasteiger charge is -2.19. The fraction of sp³-hybridized carbons (Fsp3) is 0.533. The number of hydrogen-bond donors (Lipinski definition) is 0. The summed E-state index contributed by atoms with van der Waals surface area (Å²) in [5, 5.41) is 0. The Hall–Kier alpha value is -1.39. The first kappa shape index (κ1) is 15.7. The zero-order chi connectivity index (χ0) is 14.3. The van der Waals surface area contributed by atoms with E-state index in [2.05, 4.69) is 0 Å². The third-order valence-corrected chi connectivity index (χ3v) is 2.46.